The summed E-state index contributed by atoms with van der Waals surface area (Å²) in [6.45, 7) is 0.0155. The van der Waals surface area contributed by atoms with Crippen molar-refractivity contribution in [1.82, 2.24) is 4.98 Å². The Labute approximate surface area is 123 Å². The first-order valence-corrected chi connectivity index (χ1v) is 7.99. The van der Waals surface area contributed by atoms with Gasteiger partial charge in [0.2, 0.25) is 15.9 Å². The van der Waals surface area contributed by atoms with Crippen molar-refractivity contribution in [1.29, 1.82) is 0 Å². The highest BCUT2D eigenvalue weighted by atomic mass is 127. The van der Waals surface area contributed by atoms with E-state index in [2.05, 4.69) is 4.98 Å². The monoisotopic (exact) mass is 401 g/mol. The van der Waals surface area contributed by atoms with Crippen molar-refractivity contribution in [2.45, 2.75) is 11.7 Å². The van der Waals surface area contributed by atoms with Gasteiger partial charge in [0.05, 0.1) is 3.57 Å². The molecule has 0 aliphatic carbocycles. The fourth-order valence-corrected chi connectivity index (χ4v) is 2.86. The van der Waals surface area contributed by atoms with Crippen LogP contribution in [0.25, 0.3) is 0 Å². The van der Waals surface area contributed by atoms with Gasteiger partial charge in [-0.1, -0.05) is 11.6 Å². The minimum atomic E-state index is -3.72. The number of hydrogen-bond acceptors (Lipinski definition) is 4. The van der Waals surface area contributed by atoms with Crippen LogP contribution >= 0.6 is 34.2 Å². The van der Waals surface area contributed by atoms with Gasteiger partial charge in [-0.05, 0) is 34.7 Å². The number of amides is 1. The molecule has 0 radical (unpaired) electrons. The predicted molar refractivity (Wildman–Crippen MR) is 75.8 cm³/mol. The number of hydrogen-bond donors (Lipinski definition) is 1. The van der Waals surface area contributed by atoms with E-state index < -0.39 is 15.3 Å². The largest absolute Gasteiger partial charge is 0.295 e. The van der Waals surface area contributed by atoms with E-state index in [9.17, 15) is 13.2 Å². The molecule has 98 valence electrons. The molecule has 2 N–H and O–H groups in total. The maximum atomic E-state index is 11.7. The molecule has 1 amide bonds. The number of pyridine rings is 1. The Morgan fingerprint density at radius 2 is 2.17 bits per heavy atom. The van der Waals surface area contributed by atoms with E-state index in [1.807, 2.05) is 22.6 Å². The van der Waals surface area contributed by atoms with Crippen LogP contribution < -0.4 is 10.0 Å². The third-order valence-electron chi connectivity index (χ3n) is 2.62. The summed E-state index contributed by atoms with van der Waals surface area (Å²) in [5.41, 5.74) is 0. The molecule has 1 atom stereocenters. The molecule has 1 aliphatic heterocycles. The van der Waals surface area contributed by atoms with Crippen molar-refractivity contribution in [2.24, 2.45) is 5.14 Å². The standard InChI is InChI=1S/C9H9ClIN3O3S/c10-9-6(11)1-2-7(13-9)14-4-5(3-8(14)15)18(12,16)17/h1-2,5H,3-4H2,(H2,12,16,17). The number of nitrogens with two attached hydrogens (primary N) is 1. The lowest BCUT2D eigenvalue weighted by Gasteiger charge is -2.15. The molecule has 1 unspecified atom stereocenters. The van der Waals surface area contributed by atoms with Crippen LogP contribution in [0, 0.1) is 3.57 Å². The van der Waals surface area contributed by atoms with Gasteiger partial charge in [0, 0.05) is 13.0 Å². The third kappa shape index (κ3) is 2.76. The van der Waals surface area contributed by atoms with Crippen molar-refractivity contribution < 1.29 is 13.2 Å². The average Bonchev–Trinajstić information content (AvgIpc) is 2.64. The minimum Gasteiger partial charge on any atom is -0.295 e. The van der Waals surface area contributed by atoms with Crippen molar-refractivity contribution in [3.63, 3.8) is 0 Å². The fraction of sp³-hybridized carbons (Fsp3) is 0.333. The summed E-state index contributed by atoms with van der Waals surface area (Å²) in [7, 11) is -3.72. The molecule has 0 saturated carbocycles. The van der Waals surface area contributed by atoms with Gasteiger partial charge in [-0.2, -0.15) is 0 Å². The zero-order chi connectivity index (χ0) is 13.5. The molecule has 1 aromatic heterocycles. The second-order valence-electron chi connectivity index (χ2n) is 3.86. The van der Waals surface area contributed by atoms with E-state index in [1.54, 1.807) is 12.1 Å². The number of sulfonamides is 1. The van der Waals surface area contributed by atoms with Gasteiger partial charge in [0.15, 0.2) is 0 Å². The summed E-state index contributed by atoms with van der Waals surface area (Å²) >= 11 is 7.88. The number of primary sulfonamides is 1. The maximum Gasteiger partial charge on any atom is 0.229 e. The van der Waals surface area contributed by atoms with Crippen molar-refractivity contribution in [3.05, 3.63) is 20.9 Å². The quantitative estimate of drug-likeness (QED) is 0.584. The van der Waals surface area contributed by atoms with E-state index in [-0.39, 0.29) is 24.0 Å². The van der Waals surface area contributed by atoms with Crippen LogP contribution in [0.3, 0.4) is 0 Å². The zero-order valence-corrected chi connectivity index (χ0v) is 12.7. The van der Waals surface area contributed by atoms with Crippen LogP contribution in [0.5, 0.6) is 0 Å². The number of halogens is 2. The van der Waals surface area contributed by atoms with E-state index in [1.165, 1.54) is 4.90 Å². The Morgan fingerprint density at radius 3 is 2.67 bits per heavy atom. The Bertz CT molecular complexity index is 607. The number of rotatable bonds is 2. The highest BCUT2D eigenvalue weighted by Crippen LogP contribution is 2.25. The minimum absolute atomic E-state index is 0.0155. The smallest absolute Gasteiger partial charge is 0.229 e. The summed E-state index contributed by atoms with van der Waals surface area (Å²) in [4.78, 5) is 17.1. The Hall–Kier alpha value is -0.450. The Balaban J connectivity index is 2.30. The molecule has 2 heterocycles. The number of anilines is 1. The van der Waals surface area contributed by atoms with Crippen LogP contribution in [0.15, 0.2) is 12.1 Å². The van der Waals surface area contributed by atoms with Crippen LogP contribution in [0.2, 0.25) is 5.15 Å². The van der Waals surface area contributed by atoms with Gasteiger partial charge in [-0.3, -0.25) is 9.69 Å². The molecular weight excluding hydrogens is 393 g/mol. The van der Waals surface area contributed by atoms with E-state index in [4.69, 9.17) is 16.7 Å². The maximum absolute atomic E-state index is 11.7. The molecule has 1 aromatic rings. The van der Waals surface area contributed by atoms with Gasteiger partial charge >= 0.3 is 0 Å². The lowest BCUT2D eigenvalue weighted by Crippen LogP contribution is -2.32. The lowest BCUT2D eigenvalue weighted by atomic mass is 10.4. The van der Waals surface area contributed by atoms with Crippen LogP contribution in [-0.2, 0) is 14.8 Å². The van der Waals surface area contributed by atoms with Crippen LogP contribution in [0.4, 0.5) is 5.82 Å². The highest BCUT2D eigenvalue weighted by Gasteiger charge is 2.37. The molecule has 1 saturated heterocycles. The first-order valence-electron chi connectivity index (χ1n) is 4.93. The Morgan fingerprint density at radius 1 is 1.50 bits per heavy atom. The van der Waals surface area contributed by atoms with E-state index in [0.29, 0.717) is 5.82 Å². The lowest BCUT2D eigenvalue weighted by molar-refractivity contribution is -0.117. The van der Waals surface area contributed by atoms with Gasteiger partial charge in [-0.15, -0.1) is 0 Å². The fourth-order valence-electron chi connectivity index (χ4n) is 1.67. The second-order valence-corrected chi connectivity index (χ2v) is 7.23. The van der Waals surface area contributed by atoms with Crippen LogP contribution in [0.1, 0.15) is 6.42 Å². The predicted octanol–water partition coefficient (Wildman–Crippen LogP) is 0.733. The molecule has 9 heteroatoms. The molecular formula is C9H9ClIN3O3S. The number of aromatic nitrogens is 1. The van der Waals surface area contributed by atoms with E-state index >= 15 is 0 Å². The molecule has 0 aromatic carbocycles. The SMILES string of the molecule is NS(=O)(=O)C1CC(=O)N(c2ccc(I)c(Cl)n2)C1. The topological polar surface area (TPSA) is 93.4 Å². The number of carbonyl (C=O) groups is 1. The van der Waals surface area contributed by atoms with E-state index in [0.717, 1.165) is 3.57 Å². The Kier molecular flexibility index (Phi) is 3.81. The molecule has 2 rings (SSSR count). The van der Waals surface area contributed by atoms with Crippen molar-refractivity contribution >= 4 is 55.9 Å². The van der Waals surface area contributed by atoms with Gasteiger partial charge in [0.1, 0.15) is 16.2 Å². The third-order valence-corrected chi connectivity index (χ3v) is 5.34. The summed E-state index contributed by atoms with van der Waals surface area (Å²) < 4.78 is 23.2. The zero-order valence-electron chi connectivity index (χ0n) is 9.01. The average molecular weight is 402 g/mol. The molecule has 6 nitrogen and oxygen atoms in total. The highest BCUT2D eigenvalue weighted by molar-refractivity contribution is 14.1. The van der Waals surface area contributed by atoms with Gasteiger partial charge < -0.3 is 0 Å². The summed E-state index contributed by atoms with van der Waals surface area (Å²) in [6.07, 6.45) is -0.121. The van der Waals surface area contributed by atoms with Crippen molar-refractivity contribution in [2.75, 3.05) is 11.4 Å². The van der Waals surface area contributed by atoms with Gasteiger partial charge in [0.25, 0.3) is 0 Å². The molecule has 18 heavy (non-hydrogen) atoms. The second kappa shape index (κ2) is 4.91. The molecule has 0 spiro atoms. The first kappa shape index (κ1) is 14.0. The summed E-state index contributed by atoms with van der Waals surface area (Å²) in [6, 6.07) is 3.33. The van der Waals surface area contributed by atoms with Crippen LogP contribution in [-0.4, -0.2) is 31.1 Å². The number of nitrogens with zero attached hydrogens (tertiary/aromatic N) is 2. The molecule has 0 bridgehead atoms. The molecule has 1 fully saturated rings. The number of carbonyl (C=O) groups excluding carboxylic acids is 1. The summed E-state index contributed by atoms with van der Waals surface area (Å²) in [5, 5.41) is 4.44. The van der Waals surface area contributed by atoms with Gasteiger partial charge in [-0.25, -0.2) is 18.5 Å². The molecule has 1 aliphatic rings. The summed E-state index contributed by atoms with van der Waals surface area (Å²) in [5.74, 6) is 0.0235. The first-order chi connectivity index (χ1) is 8.29. The normalized spacial score (nSPS) is 20.5. The van der Waals surface area contributed by atoms with Crippen molar-refractivity contribution in [3.8, 4) is 0 Å².